The van der Waals surface area contributed by atoms with Gasteiger partial charge < -0.3 is 9.73 Å². The fraction of sp³-hybridized carbons (Fsp3) is 0.0909. The molecular formula is C22H17ClN2O2. The highest BCUT2D eigenvalue weighted by Gasteiger charge is 2.12. The largest absolute Gasteiger partial charge is 0.457 e. The third kappa shape index (κ3) is 4.46. The van der Waals surface area contributed by atoms with Gasteiger partial charge in [-0.25, -0.2) is 0 Å². The predicted molar refractivity (Wildman–Crippen MR) is 107 cm³/mol. The average Bonchev–Trinajstić information content (AvgIpc) is 3.12. The van der Waals surface area contributed by atoms with Crippen molar-refractivity contribution in [1.29, 1.82) is 5.26 Å². The van der Waals surface area contributed by atoms with Crippen molar-refractivity contribution < 1.29 is 9.21 Å². The highest BCUT2D eigenvalue weighted by Crippen LogP contribution is 2.25. The van der Waals surface area contributed by atoms with E-state index in [0.29, 0.717) is 22.2 Å². The van der Waals surface area contributed by atoms with Gasteiger partial charge in [-0.3, -0.25) is 4.79 Å². The quantitative estimate of drug-likeness (QED) is 0.464. The fourth-order valence-corrected chi connectivity index (χ4v) is 2.68. The molecule has 3 rings (SSSR count). The highest BCUT2D eigenvalue weighted by atomic mass is 35.5. The maximum absolute atomic E-state index is 12.5. The second-order valence-corrected chi connectivity index (χ2v) is 6.59. The minimum absolute atomic E-state index is 0.0343. The molecule has 2 aromatic carbocycles. The maximum Gasteiger partial charge on any atom is 0.266 e. The summed E-state index contributed by atoms with van der Waals surface area (Å²) in [5.74, 6) is 0.577. The average molecular weight is 377 g/mol. The van der Waals surface area contributed by atoms with Gasteiger partial charge >= 0.3 is 0 Å². The van der Waals surface area contributed by atoms with Gasteiger partial charge in [-0.15, -0.1) is 0 Å². The molecule has 134 valence electrons. The van der Waals surface area contributed by atoms with Gasteiger partial charge in [-0.05, 0) is 67.4 Å². The first-order valence-corrected chi connectivity index (χ1v) is 8.70. The molecule has 0 unspecified atom stereocenters. The Morgan fingerprint density at radius 3 is 2.56 bits per heavy atom. The lowest BCUT2D eigenvalue weighted by Crippen LogP contribution is -2.14. The third-order valence-corrected chi connectivity index (χ3v) is 4.30. The Bertz CT molecular complexity index is 1060. The number of hydrogen-bond donors (Lipinski definition) is 1. The Morgan fingerprint density at radius 1 is 1.11 bits per heavy atom. The monoisotopic (exact) mass is 376 g/mol. The topological polar surface area (TPSA) is 66.0 Å². The van der Waals surface area contributed by atoms with Crippen LogP contribution in [0.5, 0.6) is 0 Å². The molecule has 0 fully saturated rings. The van der Waals surface area contributed by atoms with Crippen LogP contribution >= 0.6 is 11.6 Å². The number of anilines is 1. The molecule has 1 amide bonds. The standard InChI is InChI=1S/C22H17ClN2O2/c1-14-3-4-15(2)20(11-14)25-22(26)17(13-24)12-19-9-10-21(27-19)16-5-7-18(23)8-6-16/h3-12H,1-2H3,(H,25,26)/b17-12+. The Balaban J connectivity index is 1.82. The van der Waals surface area contributed by atoms with Crippen LogP contribution in [0.4, 0.5) is 5.69 Å². The van der Waals surface area contributed by atoms with Crippen molar-refractivity contribution in [3.63, 3.8) is 0 Å². The van der Waals surface area contributed by atoms with E-state index in [1.807, 2.05) is 50.2 Å². The van der Waals surface area contributed by atoms with Crippen molar-refractivity contribution in [2.24, 2.45) is 0 Å². The molecule has 1 aromatic heterocycles. The molecule has 0 saturated carbocycles. The van der Waals surface area contributed by atoms with E-state index in [1.165, 1.54) is 6.08 Å². The van der Waals surface area contributed by atoms with Gasteiger partial charge in [-0.1, -0.05) is 23.7 Å². The van der Waals surface area contributed by atoms with Gasteiger partial charge in [0.15, 0.2) is 0 Å². The smallest absolute Gasteiger partial charge is 0.266 e. The van der Waals surface area contributed by atoms with Crippen LogP contribution in [-0.4, -0.2) is 5.91 Å². The summed E-state index contributed by atoms with van der Waals surface area (Å²) in [6, 6.07) is 18.4. The Hall–Kier alpha value is -3.29. The van der Waals surface area contributed by atoms with E-state index in [1.54, 1.807) is 24.3 Å². The van der Waals surface area contributed by atoms with Gasteiger partial charge in [0.25, 0.3) is 5.91 Å². The highest BCUT2D eigenvalue weighted by molar-refractivity contribution is 6.30. The normalized spacial score (nSPS) is 11.1. The number of nitriles is 1. The third-order valence-electron chi connectivity index (χ3n) is 4.05. The lowest BCUT2D eigenvalue weighted by molar-refractivity contribution is -0.112. The lowest BCUT2D eigenvalue weighted by Gasteiger charge is -2.08. The summed E-state index contributed by atoms with van der Waals surface area (Å²) in [5, 5.41) is 12.8. The zero-order chi connectivity index (χ0) is 19.4. The molecule has 0 radical (unpaired) electrons. The second kappa shape index (κ2) is 7.94. The SMILES string of the molecule is Cc1ccc(C)c(NC(=O)/C(C#N)=C/c2ccc(-c3ccc(Cl)cc3)o2)c1. The van der Waals surface area contributed by atoms with E-state index in [-0.39, 0.29) is 5.57 Å². The van der Waals surface area contributed by atoms with Crippen LogP contribution in [0.1, 0.15) is 16.9 Å². The first-order valence-electron chi connectivity index (χ1n) is 8.32. The summed E-state index contributed by atoms with van der Waals surface area (Å²) in [6.45, 7) is 3.84. The number of nitrogens with one attached hydrogen (secondary N) is 1. The van der Waals surface area contributed by atoms with Gasteiger partial charge in [0.1, 0.15) is 23.2 Å². The minimum Gasteiger partial charge on any atom is -0.457 e. The van der Waals surface area contributed by atoms with E-state index in [4.69, 9.17) is 16.0 Å². The second-order valence-electron chi connectivity index (χ2n) is 6.15. The summed E-state index contributed by atoms with van der Waals surface area (Å²) in [7, 11) is 0. The van der Waals surface area contributed by atoms with Crippen molar-refractivity contribution in [2.75, 3.05) is 5.32 Å². The van der Waals surface area contributed by atoms with Crippen LogP contribution in [0.15, 0.2) is 64.6 Å². The number of nitrogens with zero attached hydrogens (tertiary/aromatic N) is 1. The van der Waals surface area contributed by atoms with Crippen LogP contribution in [0.3, 0.4) is 0 Å². The summed E-state index contributed by atoms with van der Waals surface area (Å²) >= 11 is 5.89. The number of aryl methyl sites for hydroxylation is 2. The molecule has 1 heterocycles. The molecule has 0 aliphatic heterocycles. The lowest BCUT2D eigenvalue weighted by atomic mass is 10.1. The molecule has 0 saturated heterocycles. The van der Waals surface area contributed by atoms with Crippen LogP contribution < -0.4 is 5.32 Å². The molecule has 4 nitrogen and oxygen atoms in total. The van der Waals surface area contributed by atoms with Gasteiger partial charge in [0.05, 0.1) is 0 Å². The van der Waals surface area contributed by atoms with E-state index >= 15 is 0 Å². The number of carbonyl (C=O) groups excluding carboxylic acids is 1. The van der Waals surface area contributed by atoms with Crippen LogP contribution in [0, 0.1) is 25.2 Å². The van der Waals surface area contributed by atoms with Crippen molar-refractivity contribution in [1.82, 2.24) is 0 Å². The summed E-state index contributed by atoms with van der Waals surface area (Å²) in [4.78, 5) is 12.5. The molecule has 27 heavy (non-hydrogen) atoms. The summed E-state index contributed by atoms with van der Waals surface area (Å²) in [5.41, 5.74) is 3.46. The minimum atomic E-state index is -0.476. The van der Waals surface area contributed by atoms with Crippen molar-refractivity contribution in [2.45, 2.75) is 13.8 Å². The molecule has 5 heteroatoms. The molecule has 1 N–H and O–H groups in total. The summed E-state index contributed by atoms with van der Waals surface area (Å²) in [6.07, 6.45) is 1.43. The van der Waals surface area contributed by atoms with Crippen molar-refractivity contribution in [3.05, 3.63) is 82.1 Å². The molecule has 3 aromatic rings. The van der Waals surface area contributed by atoms with E-state index in [2.05, 4.69) is 5.32 Å². The zero-order valence-corrected chi connectivity index (χ0v) is 15.7. The number of rotatable bonds is 4. The number of furan rings is 1. The van der Waals surface area contributed by atoms with Crippen LogP contribution in [-0.2, 0) is 4.79 Å². The Kier molecular flexibility index (Phi) is 5.44. The number of halogens is 1. The van der Waals surface area contributed by atoms with Crippen LogP contribution in [0.2, 0.25) is 5.02 Å². The van der Waals surface area contributed by atoms with Gasteiger partial charge in [0, 0.05) is 22.3 Å². The molecule has 0 spiro atoms. The number of carbonyl (C=O) groups is 1. The molecule has 0 bridgehead atoms. The Labute approximate surface area is 162 Å². The van der Waals surface area contributed by atoms with Crippen molar-refractivity contribution in [3.8, 4) is 17.4 Å². The number of hydrogen-bond acceptors (Lipinski definition) is 3. The fourth-order valence-electron chi connectivity index (χ4n) is 2.55. The molecule has 0 aliphatic rings. The van der Waals surface area contributed by atoms with Crippen LogP contribution in [0.25, 0.3) is 17.4 Å². The molecule has 0 atom stereocenters. The van der Waals surface area contributed by atoms with E-state index < -0.39 is 5.91 Å². The van der Waals surface area contributed by atoms with Gasteiger partial charge in [-0.2, -0.15) is 5.26 Å². The first-order chi connectivity index (χ1) is 13.0. The Morgan fingerprint density at radius 2 is 1.85 bits per heavy atom. The van der Waals surface area contributed by atoms with Crippen molar-refractivity contribution >= 4 is 29.3 Å². The number of amides is 1. The van der Waals surface area contributed by atoms with Gasteiger partial charge in [0.2, 0.25) is 0 Å². The zero-order valence-electron chi connectivity index (χ0n) is 14.9. The molecular weight excluding hydrogens is 360 g/mol. The van der Waals surface area contributed by atoms with E-state index in [0.717, 1.165) is 16.7 Å². The maximum atomic E-state index is 12.5. The number of benzene rings is 2. The van der Waals surface area contributed by atoms with E-state index in [9.17, 15) is 10.1 Å². The first kappa shape index (κ1) is 18.5. The molecule has 0 aliphatic carbocycles. The summed E-state index contributed by atoms with van der Waals surface area (Å²) < 4.78 is 5.73. The predicted octanol–water partition coefficient (Wildman–Crippen LogP) is 5.76.